The molecular weight excluding hydrogens is 403 g/mol. The van der Waals surface area contributed by atoms with Crippen LogP contribution in [-0.2, 0) is 17.8 Å². The Hall–Kier alpha value is -2.61. The van der Waals surface area contributed by atoms with Crippen molar-refractivity contribution in [3.63, 3.8) is 0 Å². The summed E-state index contributed by atoms with van der Waals surface area (Å²) < 4.78 is 14.2. The lowest BCUT2D eigenvalue weighted by molar-refractivity contribution is -0.130. The van der Waals surface area contributed by atoms with Gasteiger partial charge in [0.25, 0.3) is 0 Å². The Morgan fingerprint density at radius 1 is 1.27 bits per heavy atom. The summed E-state index contributed by atoms with van der Waals surface area (Å²) >= 11 is 1.73. The summed E-state index contributed by atoms with van der Waals surface area (Å²) in [7, 11) is 0. The number of halogens is 1. The van der Waals surface area contributed by atoms with Crippen LogP contribution >= 0.6 is 11.3 Å². The Balaban J connectivity index is 1.26. The lowest BCUT2D eigenvalue weighted by atomic mass is 10.0. The van der Waals surface area contributed by atoms with Crippen molar-refractivity contribution in [1.29, 1.82) is 0 Å². The van der Waals surface area contributed by atoms with Gasteiger partial charge in [-0.25, -0.2) is 9.18 Å². The van der Waals surface area contributed by atoms with E-state index in [1.165, 1.54) is 16.5 Å². The highest BCUT2D eigenvalue weighted by molar-refractivity contribution is 7.10. The Morgan fingerprint density at radius 3 is 3.00 bits per heavy atom. The fourth-order valence-electron chi connectivity index (χ4n) is 4.14. The van der Waals surface area contributed by atoms with E-state index >= 15 is 0 Å². The molecule has 2 aromatic rings. The molecule has 8 heteroatoms. The summed E-state index contributed by atoms with van der Waals surface area (Å²) in [6, 6.07) is 6.70. The van der Waals surface area contributed by atoms with Gasteiger partial charge in [0.1, 0.15) is 5.82 Å². The van der Waals surface area contributed by atoms with E-state index in [9.17, 15) is 14.0 Å². The van der Waals surface area contributed by atoms with Gasteiger partial charge < -0.3 is 20.4 Å². The number of nitrogens with one attached hydrogen (secondary N) is 2. The maximum atomic E-state index is 14.2. The zero-order valence-corrected chi connectivity index (χ0v) is 17.9. The second-order valence-corrected chi connectivity index (χ2v) is 9.00. The van der Waals surface area contributed by atoms with Crippen molar-refractivity contribution in [3.8, 4) is 0 Å². The number of fused-ring (bicyclic) bond motifs is 1. The second-order valence-electron chi connectivity index (χ2n) is 8.00. The number of hydrogen-bond acceptors (Lipinski definition) is 4. The molecule has 2 N–H and O–H groups in total. The van der Waals surface area contributed by atoms with Crippen molar-refractivity contribution in [1.82, 2.24) is 15.5 Å². The molecule has 6 nitrogen and oxygen atoms in total. The minimum Gasteiger partial charge on any atom is -0.367 e. The molecule has 2 aliphatic heterocycles. The molecule has 4 rings (SSSR count). The summed E-state index contributed by atoms with van der Waals surface area (Å²) in [6.45, 7) is 4.53. The number of carbonyl (C=O) groups excluding carboxylic acids is 2. The van der Waals surface area contributed by atoms with Crippen molar-refractivity contribution < 1.29 is 14.0 Å². The molecule has 0 spiro atoms. The molecule has 1 saturated heterocycles. The van der Waals surface area contributed by atoms with Crippen LogP contribution in [0.3, 0.4) is 0 Å². The molecule has 0 saturated carbocycles. The molecule has 1 atom stereocenters. The third-order valence-corrected chi connectivity index (χ3v) is 6.78. The molecule has 1 unspecified atom stereocenters. The van der Waals surface area contributed by atoms with Crippen LogP contribution in [0.25, 0.3) is 0 Å². The van der Waals surface area contributed by atoms with Crippen LogP contribution in [0.1, 0.15) is 28.8 Å². The summed E-state index contributed by atoms with van der Waals surface area (Å²) in [5.41, 5.74) is 2.79. The molecule has 1 aromatic carbocycles. The molecule has 2 aliphatic rings. The number of nitrogens with zero attached hydrogens (tertiary/aromatic N) is 2. The standard InChI is InChI=1S/C22H27FN4O2S/c1-15-4-5-18(23)19(11-15)26-8-2-3-17(14-26)25-22(29)24-12-21(28)27-9-6-20-16(13-27)7-10-30-20/h4-5,7,10-11,17H,2-3,6,8-9,12-14H2,1H3,(H2,24,25,29). The fourth-order valence-corrected chi connectivity index (χ4v) is 5.03. The van der Waals surface area contributed by atoms with Crippen LogP contribution < -0.4 is 15.5 Å². The van der Waals surface area contributed by atoms with Gasteiger partial charge >= 0.3 is 6.03 Å². The smallest absolute Gasteiger partial charge is 0.315 e. The largest absolute Gasteiger partial charge is 0.367 e. The topological polar surface area (TPSA) is 64.7 Å². The monoisotopic (exact) mass is 430 g/mol. The van der Waals surface area contributed by atoms with Crippen molar-refractivity contribution in [2.45, 2.75) is 38.8 Å². The Bertz CT molecular complexity index is 932. The average Bonchev–Trinajstić information content (AvgIpc) is 3.22. The van der Waals surface area contributed by atoms with E-state index in [0.717, 1.165) is 31.4 Å². The van der Waals surface area contributed by atoms with Crippen molar-refractivity contribution in [2.75, 3.05) is 31.1 Å². The fraction of sp³-hybridized carbons (Fsp3) is 0.455. The first-order chi connectivity index (χ1) is 14.5. The number of thiophene rings is 1. The molecule has 0 aliphatic carbocycles. The molecular formula is C22H27FN4O2S. The Morgan fingerprint density at radius 2 is 2.13 bits per heavy atom. The Labute approximate surface area is 180 Å². The zero-order valence-electron chi connectivity index (χ0n) is 17.1. The first-order valence-electron chi connectivity index (χ1n) is 10.4. The van der Waals surface area contributed by atoms with Crippen LogP contribution in [0.2, 0.25) is 0 Å². The Kier molecular flexibility index (Phi) is 6.22. The normalized spacial score (nSPS) is 18.7. The first kappa shape index (κ1) is 20.7. The lowest BCUT2D eigenvalue weighted by Gasteiger charge is -2.35. The number of piperidine rings is 1. The summed E-state index contributed by atoms with van der Waals surface area (Å²) in [4.78, 5) is 29.9. The molecule has 3 amide bonds. The van der Waals surface area contributed by atoms with E-state index in [0.29, 0.717) is 25.3 Å². The third-order valence-electron chi connectivity index (χ3n) is 5.76. The van der Waals surface area contributed by atoms with E-state index in [4.69, 9.17) is 0 Å². The quantitative estimate of drug-likeness (QED) is 0.784. The molecule has 1 fully saturated rings. The number of benzene rings is 1. The number of urea groups is 1. The molecule has 30 heavy (non-hydrogen) atoms. The van der Waals surface area contributed by atoms with E-state index in [-0.39, 0.29) is 30.3 Å². The van der Waals surface area contributed by atoms with Crippen LogP contribution in [-0.4, -0.2) is 49.1 Å². The van der Waals surface area contributed by atoms with Gasteiger partial charge in [0, 0.05) is 37.1 Å². The van der Waals surface area contributed by atoms with Gasteiger partial charge in [-0.3, -0.25) is 4.79 Å². The number of hydrogen-bond donors (Lipinski definition) is 2. The summed E-state index contributed by atoms with van der Waals surface area (Å²) in [6.07, 6.45) is 2.57. The maximum absolute atomic E-state index is 14.2. The van der Waals surface area contributed by atoms with E-state index < -0.39 is 0 Å². The lowest BCUT2D eigenvalue weighted by Crippen LogP contribution is -2.52. The maximum Gasteiger partial charge on any atom is 0.315 e. The molecule has 0 bridgehead atoms. The van der Waals surface area contributed by atoms with Gasteiger partial charge in [-0.15, -0.1) is 11.3 Å². The molecule has 160 valence electrons. The van der Waals surface area contributed by atoms with Gasteiger partial charge in [-0.1, -0.05) is 6.07 Å². The van der Waals surface area contributed by atoms with Gasteiger partial charge in [0.05, 0.1) is 12.2 Å². The van der Waals surface area contributed by atoms with Crippen LogP contribution in [0, 0.1) is 12.7 Å². The predicted octanol–water partition coefficient (Wildman–Crippen LogP) is 3.05. The minimum absolute atomic E-state index is 0.0196. The number of rotatable bonds is 4. The predicted molar refractivity (Wildman–Crippen MR) is 116 cm³/mol. The average molecular weight is 431 g/mol. The molecule has 0 radical (unpaired) electrons. The molecule has 3 heterocycles. The number of amides is 3. The summed E-state index contributed by atoms with van der Waals surface area (Å²) in [5, 5.41) is 7.68. The van der Waals surface area contributed by atoms with Gasteiger partial charge in [-0.05, 0) is 60.9 Å². The second kappa shape index (κ2) is 9.04. The van der Waals surface area contributed by atoms with E-state index in [2.05, 4.69) is 22.1 Å². The first-order valence-corrected chi connectivity index (χ1v) is 11.3. The van der Waals surface area contributed by atoms with E-state index in [1.807, 2.05) is 17.9 Å². The highest BCUT2D eigenvalue weighted by Gasteiger charge is 2.25. The number of aryl methyl sites for hydroxylation is 1. The highest BCUT2D eigenvalue weighted by atomic mass is 32.1. The SMILES string of the molecule is Cc1ccc(F)c(N2CCCC(NC(=O)NCC(=O)N3CCc4sccc4C3)C2)c1. The van der Waals surface area contributed by atoms with Gasteiger partial charge in [-0.2, -0.15) is 0 Å². The van der Waals surface area contributed by atoms with Crippen LogP contribution in [0.5, 0.6) is 0 Å². The summed E-state index contributed by atoms with van der Waals surface area (Å²) in [5.74, 6) is -0.319. The van der Waals surface area contributed by atoms with Gasteiger partial charge in [0.2, 0.25) is 5.91 Å². The number of anilines is 1. The van der Waals surface area contributed by atoms with E-state index in [1.54, 1.807) is 22.3 Å². The van der Waals surface area contributed by atoms with Crippen molar-refractivity contribution in [2.24, 2.45) is 0 Å². The zero-order chi connectivity index (χ0) is 21.1. The highest BCUT2D eigenvalue weighted by Crippen LogP contribution is 2.25. The third kappa shape index (κ3) is 4.75. The van der Waals surface area contributed by atoms with Crippen molar-refractivity contribution >= 4 is 29.0 Å². The number of carbonyl (C=O) groups is 2. The van der Waals surface area contributed by atoms with Gasteiger partial charge in [0.15, 0.2) is 0 Å². The van der Waals surface area contributed by atoms with Crippen LogP contribution in [0.4, 0.5) is 14.9 Å². The minimum atomic E-state index is -0.354. The van der Waals surface area contributed by atoms with Crippen LogP contribution in [0.15, 0.2) is 29.6 Å². The van der Waals surface area contributed by atoms with Crippen molar-refractivity contribution in [3.05, 3.63) is 51.5 Å². The molecule has 1 aromatic heterocycles.